The van der Waals surface area contributed by atoms with Gasteiger partial charge in [0.05, 0.1) is 11.0 Å². The molecule has 19 heavy (non-hydrogen) atoms. The molecule has 0 spiro atoms. The average molecular weight is 288 g/mol. The number of benzene rings is 1. The van der Waals surface area contributed by atoms with Crippen molar-refractivity contribution in [2.75, 3.05) is 12.0 Å². The third-order valence-electron chi connectivity index (χ3n) is 2.65. The highest BCUT2D eigenvalue weighted by molar-refractivity contribution is 7.84. The number of nitro benzene ring substituents is 1. The van der Waals surface area contributed by atoms with E-state index in [4.69, 9.17) is 0 Å². The molecule has 0 amide bonds. The summed E-state index contributed by atoms with van der Waals surface area (Å²) < 4.78 is 24.1. The summed E-state index contributed by atoms with van der Waals surface area (Å²) in [5, 5.41) is 13.7. The number of halogens is 1. The molecule has 0 aliphatic carbocycles. The van der Waals surface area contributed by atoms with Gasteiger partial charge >= 0.3 is 0 Å². The lowest BCUT2D eigenvalue weighted by Gasteiger charge is -2.13. The van der Waals surface area contributed by atoms with Gasteiger partial charge in [0.25, 0.3) is 5.69 Å². The van der Waals surface area contributed by atoms with Crippen molar-refractivity contribution in [3.8, 4) is 0 Å². The molecule has 2 unspecified atom stereocenters. The van der Waals surface area contributed by atoms with Gasteiger partial charge in [-0.15, -0.1) is 0 Å². The van der Waals surface area contributed by atoms with Gasteiger partial charge in [-0.25, -0.2) is 4.39 Å². The van der Waals surface area contributed by atoms with Crippen LogP contribution in [-0.2, 0) is 17.3 Å². The Kier molecular flexibility index (Phi) is 6.04. The van der Waals surface area contributed by atoms with Crippen molar-refractivity contribution in [3.05, 3.63) is 39.7 Å². The van der Waals surface area contributed by atoms with E-state index in [2.05, 4.69) is 5.32 Å². The number of nitrogens with one attached hydrogen (secondary N) is 1. The third kappa shape index (κ3) is 5.89. The van der Waals surface area contributed by atoms with Crippen molar-refractivity contribution in [3.63, 3.8) is 0 Å². The maximum Gasteiger partial charge on any atom is 0.272 e. The third-order valence-corrected chi connectivity index (χ3v) is 3.46. The van der Waals surface area contributed by atoms with Crippen molar-refractivity contribution in [1.29, 1.82) is 0 Å². The molecule has 0 saturated heterocycles. The Bertz CT molecular complexity index is 482. The fourth-order valence-electron chi connectivity index (χ4n) is 1.58. The topological polar surface area (TPSA) is 72.2 Å². The Hall–Kier alpha value is -1.34. The number of rotatable bonds is 7. The van der Waals surface area contributed by atoms with Gasteiger partial charge < -0.3 is 5.32 Å². The van der Waals surface area contributed by atoms with Crippen molar-refractivity contribution in [1.82, 2.24) is 5.32 Å². The van der Waals surface area contributed by atoms with Gasteiger partial charge in [0, 0.05) is 41.5 Å². The molecule has 5 nitrogen and oxygen atoms in total. The van der Waals surface area contributed by atoms with E-state index in [0.717, 1.165) is 12.5 Å². The first-order chi connectivity index (χ1) is 8.88. The highest BCUT2D eigenvalue weighted by Gasteiger charge is 2.10. The van der Waals surface area contributed by atoms with E-state index in [1.54, 1.807) is 6.26 Å². The first kappa shape index (κ1) is 15.7. The van der Waals surface area contributed by atoms with Crippen LogP contribution in [-0.4, -0.2) is 27.2 Å². The van der Waals surface area contributed by atoms with Crippen LogP contribution in [0.2, 0.25) is 0 Å². The summed E-state index contributed by atoms with van der Waals surface area (Å²) in [5.41, 5.74) is 0.273. The predicted octanol–water partition coefficient (Wildman–Crippen LogP) is 1.98. The SMILES string of the molecule is CC(CCS(C)=O)NCc1cc(F)cc([N+](=O)[O-])c1. The minimum atomic E-state index is -0.837. The molecule has 0 aromatic heterocycles. The van der Waals surface area contributed by atoms with Crippen LogP contribution in [0, 0.1) is 15.9 Å². The summed E-state index contributed by atoms with van der Waals surface area (Å²) >= 11 is 0. The van der Waals surface area contributed by atoms with Crippen molar-refractivity contribution in [2.45, 2.75) is 25.9 Å². The van der Waals surface area contributed by atoms with Crippen LogP contribution in [0.15, 0.2) is 18.2 Å². The van der Waals surface area contributed by atoms with Gasteiger partial charge in [-0.1, -0.05) is 0 Å². The maximum absolute atomic E-state index is 13.2. The lowest BCUT2D eigenvalue weighted by atomic mass is 10.1. The lowest BCUT2D eigenvalue weighted by molar-refractivity contribution is -0.385. The second-order valence-corrected chi connectivity index (χ2v) is 5.98. The summed E-state index contributed by atoms with van der Waals surface area (Å²) in [4.78, 5) is 9.99. The van der Waals surface area contributed by atoms with Gasteiger partial charge in [-0.3, -0.25) is 14.3 Å². The van der Waals surface area contributed by atoms with E-state index in [9.17, 15) is 18.7 Å². The Morgan fingerprint density at radius 3 is 2.74 bits per heavy atom. The molecule has 0 bridgehead atoms. The molecule has 106 valence electrons. The standard InChI is InChI=1S/C12H17FN2O3S/c1-9(3-4-19(2)18)14-8-10-5-11(13)7-12(6-10)15(16)17/h5-7,9,14H,3-4,8H2,1-2H3. The maximum atomic E-state index is 13.2. The number of hydrogen-bond acceptors (Lipinski definition) is 4. The fraction of sp³-hybridized carbons (Fsp3) is 0.500. The molecule has 1 aromatic rings. The molecular formula is C12H17FN2O3S. The lowest BCUT2D eigenvalue weighted by Crippen LogP contribution is -2.27. The van der Waals surface area contributed by atoms with E-state index in [1.807, 2.05) is 6.92 Å². The normalized spacial score (nSPS) is 14.1. The molecule has 1 N–H and O–H groups in total. The Morgan fingerprint density at radius 2 is 2.16 bits per heavy atom. The van der Waals surface area contributed by atoms with Crippen LogP contribution in [0.5, 0.6) is 0 Å². The van der Waals surface area contributed by atoms with Crippen molar-refractivity contribution in [2.24, 2.45) is 0 Å². The number of nitro groups is 1. The molecule has 0 fully saturated rings. The summed E-state index contributed by atoms with van der Waals surface area (Å²) in [7, 11) is -0.837. The molecular weight excluding hydrogens is 271 g/mol. The Balaban J connectivity index is 2.57. The second-order valence-electron chi connectivity index (χ2n) is 4.42. The fourth-order valence-corrected chi connectivity index (χ4v) is 2.26. The van der Waals surface area contributed by atoms with Crippen LogP contribution < -0.4 is 5.32 Å². The smallest absolute Gasteiger partial charge is 0.272 e. The van der Waals surface area contributed by atoms with Gasteiger partial charge in [-0.2, -0.15) is 0 Å². The summed E-state index contributed by atoms with van der Waals surface area (Å²) in [5.74, 6) is -0.0226. The van der Waals surface area contributed by atoms with Gasteiger partial charge in [0.1, 0.15) is 5.82 Å². The number of non-ortho nitro benzene ring substituents is 1. The quantitative estimate of drug-likeness (QED) is 0.615. The molecule has 0 saturated carbocycles. The van der Waals surface area contributed by atoms with Crippen molar-refractivity contribution >= 4 is 16.5 Å². The monoisotopic (exact) mass is 288 g/mol. The predicted molar refractivity (Wildman–Crippen MR) is 72.9 cm³/mol. The second kappa shape index (κ2) is 7.30. The van der Waals surface area contributed by atoms with Crippen molar-refractivity contribution < 1.29 is 13.5 Å². The van der Waals surface area contributed by atoms with Crippen LogP contribution in [0.4, 0.5) is 10.1 Å². The minimum absolute atomic E-state index is 0.117. The Labute approximate surface area is 113 Å². The average Bonchev–Trinajstić information content (AvgIpc) is 2.33. The van der Waals surface area contributed by atoms with Crippen LogP contribution in [0.25, 0.3) is 0 Å². The Morgan fingerprint density at radius 1 is 1.47 bits per heavy atom. The highest BCUT2D eigenvalue weighted by atomic mass is 32.2. The van der Waals surface area contributed by atoms with Gasteiger partial charge in [0.2, 0.25) is 0 Å². The highest BCUT2D eigenvalue weighted by Crippen LogP contribution is 2.16. The van der Waals surface area contributed by atoms with Crippen LogP contribution in [0.1, 0.15) is 18.9 Å². The van der Waals surface area contributed by atoms with Crippen LogP contribution >= 0.6 is 0 Å². The number of nitrogens with zero attached hydrogens (tertiary/aromatic N) is 1. The summed E-state index contributed by atoms with van der Waals surface area (Å²) in [6, 6.07) is 3.63. The molecule has 0 aliphatic heterocycles. The summed E-state index contributed by atoms with van der Waals surface area (Å²) in [6.45, 7) is 2.27. The first-order valence-electron chi connectivity index (χ1n) is 5.85. The number of hydrogen-bond donors (Lipinski definition) is 1. The molecule has 0 heterocycles. The minimum Gasteiger partial charge on any atom is -0.310 e. The van der Waals surface area contributed by atoms with Gasteiger partial charge in [-0.05, 0) is 25.0 Å². The molecule has 0 aliphatic rings. The molecule has 1 aromatic carbocycles. The zero-order chi connectivity index (χ0) is 14.4. The van der Waals surface area contributed by atoms with E-state index in [1.165, 1.54) is 12.1 Å². The first-order valence-corrected chi connectivity index (χ1v) is 7.58. The van der Waals surface area contributed by atoms with E-state index in [0.29, 0.717) is 17.9 Å². The van der Waals surface area contributed by atoms with E-state index in [-0.39, 0.29) is 11.7 Å². The summed E-state index contributed by atoms with van der Waals surface area (Å²) in [6.07, 6.45) is 2.38. The van der Waals surface area contributed by atoms with Crippen LogP contribution in [0.3, 0.4) is 0 Å². The molecule has 7 heteroatoms. The molecule has 0 radical (unpaired) electrons. The zero-order valence-electron chi connectivity index (χ0n) is 10.9. The van der Waals surface area contributed by atoms with E-state index < -0.39 is 21.5 Å². The van der Waals surface area contributed by atoms with Gasteiger partial charge in [0.15, 0.2) is 0 Å². The molecule has 2 atom stereocenters. The largest absolute Gasteiger partial charge is 0.310 e. The molecule has 1 rings (SSSR count). The van der Waals surface area contributed by atoms with E-state index >= 15 is 0 Å². The zero-order valence-corrected chi connectivity index (χ0v) is 11.7.